The van der Waals surface area contributed by atoms with Crippen molar-refractivity contribution in [1.82, 2.24) is 9.55 Å². The number of hydrogen-bond donors (Lipinski definition) is 0. The van der Waals surface area contributed by atoms with Crippen LogP contribution in [0, 0.1) is 5.92 Å². The largest absolute Gasteiger partial charge is 0.346 e. The number of hydrogen-bond acceptors (Lipinski definition) is 4. The number of carbonyl (C=O) groups is 1. The second kappa shape index (κ2) is 5.25. The van der Waals surface area contributed by atoms with Crippen molar-refractivity contribution in [2.45, 2.75) is 18.8 Å². The summed E-state index contributed by atoms with van der Waals surface area (Å²) >= 11 is 0. The molecule has 0 saturated carbocycles. The van der Waals surface area contributed by atoms with Gasteiger partial charge >= 0.3 is 0 Å². The first-order chi connectivity index (χ1) is 8.24. The molecule has 1 saturated heterocycles. The first-order valence-electron chi connectivity index (χ1n) is 5.54. The minimum absolute atomic E-state index is 0.158. The van der Waals surface area contributed by atoms with Crippen LogP contribution in [0.3, 0.4) is 0 Å². The van der Waals surface area contributed by atoms with Crippen LogP contribution in [0.4, 0.5) is 0 Å². The normalized spacial score (nSPS) is 28.9. The van der Waals surface area contributed by atoms with Gasteiger partial charge in [-0.1, -0.05) is 6.08 Å². The maximum atomic E-state index is 10.6. The van der Waals surface area contributed by atoms with Crippen LogP contribution < -0.4 is 0 Å². The summed E-state index contributed by atoms with van der Waals surface area (Å²) in [7, 11) is 1.95. The zero-order valence-corrected chi connectivity index (χ0v) is 9.78. The Balaban J connectivity index is 2.03. The van der Waals surface area contributed by atoms with Gasteiger partial charge in [0, 0.05) is 24.9 Å². The van der Waals surface area contributed by atoms with E-state index in [9.17, 15) is 4.79 Å². The van der Waals surface area contributed by atoms with E-state index < -0.39 is 6.29 Å². The smallest absolute Gasteiger partial charge is 0.215 e. The molecule has 1 aromatic rings. The van der Waals surface area contributed by atoms with Crippen LogP contribution >= 0.6 is 0 Å². The zero-order valence-electron chi connectivity index (χ0n) is 9.78. The monoisotopic (exact) mass is 236 g/mol. The Hall–Kier alpha value is -1.46. The Bertz CT molecular complexity index is 402. The summed E-state index contributed by atoms with van der Waals surface area (Å²) in [6.07, 6.45) is 5.84. The number of aldehydes is 1. The van der Waals surface area contributed by atoms with E-state index in [4.69, 9.17) is 9.47 Å². The third-order valence-electron chi connectivity index (χ3n) is 2.96. The van der Waals surface area contributed by atoms with Crippen molar-refractivity contribution in [1.29, 1.82) is 0 Å². The standard InChI is InChI=1S/C12H16N2O3/c1-3-11-9(7-16-12(6-15)17-11)4-10-5-13-8-14(10)2/h3,5-6,8-9,11-12H,1,4,7H2,2H3. The highest BCUT2D eigenvalue weighted by molar-refractivity contribution is 5.54. The van der Waals surface area contributed by atoms with Crippen LogP contribution in [0.25, 0.3) is 0 Å². The summed E-state index contributed by atoms with van der Waals surface area (Å²) in [4.78, 5) is 14.7. The van der Waals surface area contributed by atoms with E-state index in [0.29, 0.717) is 12.9 Å². The number of aromatic nitrogens is 2. The number of imidazole rings is 1. The molecule has 0 spiro atoms. The molecule has 0 aromatic carbocycles. The van der Waals surface area contributed by atoms with Gasteiger partial charge in [-0.05, 0) is 6.42 Å². The number of aryl methyl sites for hydroxylation is 1. The number of ether oxygens (including phenoxy) is 2. The van der Waals surface area contributed by atoms with E-state index in [1.54, 1.807) is 12.4 Å². The van der Waals surface area contributed by atoms with Gasteiger partial charge < -0.3 is 14.0 Å². The minimum atomic E-state index is -0.763. The van der Waals surface area contributed by atoms with Gasteiger partial charge in [0.25, 0.3) is 0 Å². The Morgan fingerprint density at radius 2 is 2.53 bits per heavy atom. The maximum Gasteiger partial charge on any atom is 0.215 e. The van der Waals surface area contributed by atoms with Crippen molar-refractivity contribution >= 4 is 6.29 Å². The topological polar surface area (TPSA) is 53.4 Å². The lowest BCUT2D eigenvalue weighted by atomic mass is 9.96. The number of rotatable bonds is 4. The Morgan fingerprint density at radius 1 is 1.71 bits per heavy atom. The molecule has 2 heterocycles. The molecule has 5 heteroatoms. The molecular formula is C12H16N2O3. The fraction of sp³-hybridized carbons (Fsp3) is 0.500. The van der Waals surface area contributed by atoms with Crippen LogP contribution in [-0.4, -0.2) is 34.8 Å². The van der Waals surface area contributed by atoms with Crippen molar-refractivity contribution < 1.29 is 14.3 Å². The molecule has 0 aliphatic carbocycles. The highest BCUT2D eigenvalue weighted by Gasteiger charge is 2.30. The predicted octanol–water partition coefficient (Wildman–Crippen LogP) is 0.705. The van der Waals surface area contributed by atoms with Crippen LogP contribution in [0.15, 0.2) is 25.2 Å². The van der Waals surface area contributed by atoms with Gasteiger partial charge in [0.1, 0.15) is 0 Å². The molecule has 1 aliphatic heterocycles. The lowest BCUT2D eigenvalue weighted by Crippen LogP contribution is -2.40. The van der Waals surface area contributed by atoms with Gasteiger partial charge in [-0.15, -0.1) is 6.58 Å². The quantitative estimate of drug-likeness (QED) is 0.570. The zero-order chi connectivity index (χ0) is 12.3. The summed E-state index contributed by atoms with van der Waals surface area (Å²) in [6.45, 7) is 4.23. The summed E-state index contributed by atoms with van der Waals surface area (Å²) < 4.78 is 12.7. The van der Waals surface area contributed by atoms with Crippen molar-refractivity contribution in [3.63, 3.8) is 0 Å². The second-order valence-electron chi connectivity index (χ2n) is 4.13. The average molecular weight is 236 g/mol. The Labute approximate surface area is 100 Å². The van der Waals surface area contributed by atoms with E-state index >= 15 is 0 Å². The first-order valence-corrected chi connectivity index (χ1v) is 5.54. The Morgan fingerprint density at radius 3 is 3.12 bits per heavy atom. The third kappa shape index (κ3) is 2.62. The molecule has 92 valence electrons. The molecule has 2 rings (SSSR count). The van der Waals surface area contributed by atoms with Gasteiger partial charge in [-0.25, -0.2) is 4.98 Å². The maximum absolute atomic E-state index is 10.6. The molecule has 0 radical (unpaired) electrons. The first kappa shape index (κ1) is 12.0. The van der Waals surface area contributed by atoms with Crippen LogP contribution in [-0.2, 0) is 27.7 Å². The van der Waals surface area contributed by atoms with Crippen molar-refractivity contribution in [3.8, 4) is 0 Å². The van der Waals surface area contributed by atoms with Crippen LogP contribution in [0.2, 0.25) is 0 Å². The molecule has 17 heavy (non-hydrogen) atoms. The molecule has 1 aromatic heterocycles. The van der Waals surface area contributed by atoms with Gasteiger partial charge in [0.15, 0.2) is 6.29 Å². The van der Waals surface area contributed by atoms with Crippen LogP contribution in [0.5, 0.6) is 0 Å². The number of nitrogens with zero attached hydrogens (tertiary/aromatic N) is 2. The molecule has 1 aliphatic rings. The summed E-state index contributed by atoms with van der Waals surface area (Å²) in [5, 5.41) is 0. The molecule has 5 nitrogen and oxygen atoms in total. The lowest BCUT2D eigenvalue weighted by molar-refractivity contribution is -0.211. The van der Waals surface area contributed by atoms with Crippen molar-refractivity contribution in [3.05, 3.63) is 30.9 Å². The minimum Gasteiger partial charge on any atom is -0.346 e. The van der Waals surface area contributed by atoms with E-state index in [-0.39, 0.29) is 12.0 Å². The highest BCUT2D eigenvalue weighted by Crippen LogP contribution is 2.22. The number of carbonyl (C=O) groups excluding carboxylic acids is 1. The molecule has 1 fully saturated rings. The molecule has 3 atom stereocenters. The molecular weight excluding hydrogens is 220 g/mol. The van der Waals surface area contributed by atoms with Crippen molar-refractivity contribution in [2.75, 3.05) is 6.61 Å². The summed E-state index contributed by atoms with van der Waals surface area (Å²) in [5.74, 6) is 0.166. The second-order valence-corrected chi connectivity index (χ2v) is 4.13. The van der Waals surface area contributed by atoms with Gasteiger partial charge in [0.2, 0.25) is 6.29 Å². The summed E-state index contributed by atoms with van der Waals surface area (Å²) in [6, 6.07) is 0. The molecule has 0 amide bonds. The molecule has 0 bridgehead atoms. The van der Waals surface area contributed by atoms with E-state index in [1.165, 1.54) is 0 Å². The van der Waals surface area contributed by atoms with Gasteiger partial charge in [0.05, 0.1) is 19.0 Å². The van der Waals surface area contributed by atoms with E-state index in [2.05, 4.69) is 11.6 Å². The lowest BCUT2D eigenvalue weighted by Gasteiger charge is -2.32. The fourth-order valence-electron chi connectivity index (χ4n) is 1.96. The predicted molar refractivity (Wildman–Crippen MR) is 61.3 cm³/mol. The van der Waals surface area contributed by atoms with Crippen molar-refractivity contribution in [2.24, 2.45) is 13.0 Å². The van der Waals surface area contributed by atoms with E-state index in [1.807, 2.05) is 17.8 Å². The molecule has 0 N–H and O–H groups in total. The SMILES string of the molecule is C=CC1OC(C=O)OCC1Cc1cncn1C. The van der Waals surface area contributed by atoms with Gasteiger partial charge in [-0.3, -0.25) is 4.79 Å². The highest BCUT2D eigenvalue weighted by atomic mass is 16.7. The molecule has 3 unspecified atom stereocenters. The van der Waals surface area contributed by atoms with Crippen LogP contribution in [0.1, 0.15) is 5.69 Å². The summed E-state index contributed by atoms with van der Waals surface area (Å²) in [5.41, 5.74) is 1.11. The average Bonchev–Trinajstić information content (AvgIpc) is 2.75. The fourth-order valence-corrected chi connectivity index (χ4v) is 1.96. The van der Waals surface area contributed by atoms with Gasteiger partial charge in [-0.2, -0.15) is 0 Å². The Kier molecular flexibility index (Phi) is 3.71. The third-order valence-corrected chi connectivity index (χ3v) is 2.96. The van der Waals surface area contributed by atoms with E-state index in [0.717, 1.165) is 12.1 Å².